The van der Waals surface area contributed by atoms with Crippen LogP contribution in [0.3, 0.4) is 0 Å². The number of carbonyl (C=O) groups excluding carboxylic acids is 6. The van der Waals surface area contributed by atoms with Crippen molar-refractivity contribution in [1.29, 1.82) is 0 Å². The van der Waals surface area contributed by atoms with Gasteiger partial charge >= 0.3 is 29.7 Å². The van der Waals surface area contributed by atoms with Crippen molar-refractivity contribution in [3.63, 3.8) is 0 Å². The number of ketones is 1. The van der Waals surface area contributed by atoms with Crippen molar-refractivity contribution in [3.05, 3.63) is 179 Å². The second-order valence-electron chi connectivity index (χ2n) is 26.7. The van der Waals surface area contributed by atoms with Gasteiger partial charge in [-0.05, 0) is 220 Å². The maximum Gasteiger partial charge on any atom is 0.330 e. The minimum atomic E-state index is -1.01. The number of carboxylic acids is 1. The molecular weight excluding hydrogens is 2810 g/mol. The number of carboxylic acid groups (broad SMARTS) is 1. The van der Waals surface area contributed by atoms with E-state index in [0.29, 0.717) is 37.7 Å². The van der Waals surface area contributed by atoms with E-state index in [4.69, 9.17) is 43.2 Å². The van der Waals surface area contributed by atoms with E-state index in [1.54, 1.807) is 119 Å². The highest BCUT2D eigenvalue weighted by atomic mass is 127. The molecule has 0 saturated carbocycles. The summed E-state index contributed by atoms with van der Waals surface area (Å²) >= 11 is 77.4. The highest BCUT2D eigenvalue weighted by Crippen LogP contribution is 2.34. The van der Waals surface area contributed by atoms with Crippen LogP contribution in [-0.2, 0) is 345 Å². The van der Waals surface area contributed by atoms with E-state index in [9.17, 15) is 42.3 Å². The first kappa shape index (κ1) is 138. The maximum absolute atomic E-state index is 14.8. The second-order valence-corrected chi connectivity index (χ2v) is 62.7. The molecule has 11 aromatic rings. The van der Waals surface area contributed by atoms with Gasteiger partial charge in [-0.25, -0.2) is 13.6 Å². The number of Topliss-reactive ketones (excluding diaryl/α,β-unsaturated/α-hetero) is 1. The van der Waals surface area contributed by atoms with Crippen LogP contribution in [-0.4, -0.2) is 127 Å². The Bertz CT molecular complexity index is 6520. The lowest BCUT2D eigenvalue weighted by Gasteiger charge is -2.19. The Balaban J connectivity index is 0. The van der Waals surface area contributed by atoms with Crippen LogP contribution in [0.2, 0.25) is 5.02 Å². The lowest BCUT2D eigenvalue weighted by molar-refractivity contribution is -0.156. The van der Waals surface area contributed by atoms with Gasteiger partial charge in [-0.15, -0.1) is 69.1 Å². The predicted molar refractivity (Wildman–Crippen MR) is 664 cm³/mol. The Morgan fingerprint density at radius 2 is 1.10 bits per heavy atom. The number of aldehydes is 1. The zero-order valence-electron chi connectivity index (χ0n) is 70.8. The smallest absolute Gasteiger partial charge is 0.330 e. The first-order valence-corrected chi connectivity index (χ1v) is 73.3. The number of hydrogen-bond acceptors (Lipinski definition) is 34. The third-order valence-corrected chi connectivity index (χ3v) is 46.0. The monoisotopic (exact) mass is 2880 g/mol. The Morgan fingerprint density at radius 3 is 1.54 bits per heavy atom. The number of aliphatic carboxylic acids is 1. The molecule has 3 aliphatic heterocycles. The van der Waals surface area contributed by atoms with Gasteiger partial charge in [-0.1, -0.05) is 70.5 Å². The average molecular weight is 2880 g/mol. The van der Waals surface area contributed by atoms with Crippen LogP contribution in [0.15, 0.2) is 126 Å². The summed E-state index contributed by atoms with van der Waals surface area (Å²) in [4.78, 5) is 93.0. The zero-order chi connectivity index (χ0) is 101. The van der Waals surface area contributed by atoms with E-state index in [2.05, 4.69) is 270 Å². The third kappa shape index (κ3) is 56.7. The lowest BCUT2D eigenvalue weighted by Crippen LogP contribution is -2.32. The van der Waals surface area contributed by atoms with Crippen molar-refractivity contribution in [2.45, 2.75) is 137 Å². The predicted octanol–water partition coefficient (Wildman–Crippen LogP) is 18.9. The highest BCUT2D eigenvalue weighted by Gasteiger charge is 2.30. The number of halogens is 8. The Morgan fingerprint density at radius 1 is 0.625 bits per heavy atom. The molecule has 1 amide bonds. The summed E-state index contributed by atoms with van der Waals surface area (Å²) in [5, 5.41) is 36.2. The molecule has 64 heteroatoms. The first-order chi connectivity index (χ1) is 63.6. The molecule has 14 rings (SSSR count). The normalized spacial score (nSPS) is 11.9. The number of nitrogens with two attached hydrogens (primary N) is 1. The van der Waals surface area contributed by atoms with E-state index < -0.39 is 41.1 Å². The number of esters is 3. The van der Waals surface area contributed by atoms with Crippen molar-refractivity contribution in [2.24, 2.45) is 15.7 Å². The van der Waals surface area contributed by atoms with Crippen molar-refractivity contribution < 1.29 is 61.7 Å². The van der Waals surface area contributed by atoms with Gasteiger partial charge in [-0.2, -0.15) is 39.7 Å². The number of rotatable bonds is 13. The van der Waals surface area contributed by atoms with Gasteiger partial charge in [0.05, 0.1) is 59.5 Å². The number of aromatic nitrogens is 6. The number of aliphatic imine (C=N–C) groups is 2. The zero-order valence-corrected chi connectivity index (χ0v) is 108. The molecule has 0 bridgehead atoms. The third-order valence-electron chi connectivity index (χ3n) is 14.2. The van der Waals surface area contributed by atoms with Crippen LogP contribution in [0, 0.1) is 16.1 Å². The molecule has 744 valence electrons. The van der Waals surface area contributed by atoms with E-state index >= 15 is 0 Å². The molecule has 4 N–H and O–H groups in total. The summed E-state index contributed by atoms with van der Waals surface area (Å²) in [6.07, 6.45) is 1.87. The molecule has 0 spiro atoms. The average Bonchev–Trinajstić information content (AvgIpc) is 0.932. The van der Waals surface area contributed by atoms with E-state index in [0.717, 1.165) is 61.7 Å². The number of nitrogens with zero attached hydrogens (tertiary/aromatic N) is 9. The summed E-state index contributed by atoms with van der Waals surface area (Å²) in [7, 11) is 20.2. The molecule has 0 radical (unpaired) electrons. The molecule has 2 aromatic carbocycles. The minimum absolute atomic E-state index is 0. The van der Waals surface area contributed by atoms with E-state index in [-0.39, 0.29) is 105 Å². The van der Waals surface area contributed by atoms with Crippen molar-refractivity contribution in [1.82, 2.24) is 34.7 Å². The van der Waals surface area contributed by atoms with Gasteiger partial charge in [0.15, 0.2) is 24.3 Å². The molecule has 1 saturated heterocycles. The topological polar surface area (TPSA) is 288 Å². The fourth-order valence-electron chi connectivity index (χ4n) is 9.74. The molecule has 136 heavy (non-hydrogen) atoms. The van der Waals surface area contributed by atoms with Gasteiger partial charge < -0.3 is 35.2 Å². The SMILES string of the molecule is C1=NCc2ccsc21.CC(C)(C)OC(=O)CBr.CC(C)(C)OC(=O)Cn1nc(I)c2sccc21.Cl.IC1=NCc2ccsc21.NC(=O)c1nn(CC(=O)O)c2ccsc12.O=C(Cc1cccc(-c2ccccc2Cl)c1F)[C@@H]1C[C@@H](F)CN1.O=Cc1sccc1Br.S.S=S.S=S=S.S=S=S=S.S=S=S=S=S.S=S=S=S=S=S.S=S=S=S=S=S=S.[C-]#[N+]c1nn(CC(=O)OC(C)(C)C)c2ccsc12. The number of amides is 1. The summed E-state index contributed by atoms with van der Waals surface area (Å²) in [5.74, 6) is -2.80. The number of carbonyl (C=O) groups is 7. The summed E-state index contributed by atoms with van der Waals surface area (Å²) in [6, 6.07) is 23.0. The summed E-state index contributed by atoms with van der Waals surface area (Å²) in [6.45, 7) is 25.5. The van der Waals surface area contributed by atoms with Crippen LogP contribution in [0.1, 0.15) is 115 Å². The van der Waals surface area contributed by atoms with Crippen LogP contribution in [0.4, 0.5) is 14.6 Å². The maximum atomic E-state index is 14.8. The molecule has 0 unspecified atom stereocenters. The van der Waals surface area contributed by atoms with Gasteiger partial charge in [0.25, 0.3) is 5.91 Å². The van der Waals surface area contributed by atoms with Crippen LogP contribution >= 0.6 is 183 Å². The van der Waals surface area contributed by atoms with Gasteiger partial charge in [0.1, 0.15) is 54.6 Å². The van der Waals surface area contributed by atoms with Crippen molar-refractivity contribution in [3.8, 4) is 11.1 Å². The fraction of sp³-hybridized carbons (Fsp3) is 0.319. The first-order valence-electron chi connectivity index (χ1n) is 35.6. The van der Waals surface area contributed by atoms with Crippen LogP contribution < -0.4 is 11.1 Å². The molecule has 22 nitrogen and oxygen atoms in total. The molecule has 12 heterocycles. The minimum Gasteiger partial charge on any atom is -0.480 e. The number of thiophene rings is 6. The largest absolute Gasteiger partial charge is 0.480 e. The van der Waals surface area contributed by atoms with Crippen LogP contribution in [0.5, 0.6) is 0 Å². The number of nitrogens with one attached hydrogen (secondary N) is 1. The number of fused-ring (bicyclic) bond motifs is 5. The van der Waals surface area contributed by atoms with Gasteiger partial charge in [0.2, 0.25) is 0 Å². The Hall–Kier alpha value is -0.320. The van der Waals surface area contributed by atoms with E-state index in [1.165, 1.54) is 166 Å². The summed E-state index contributed by atoms with van der Waals surface area (Å²) in [5.41, 5.74) is 10.4. The van der Waals surface area contributed by atoms with Crippen molar-refractivity contribution >= 4 is 538 Å². The molecular formula is C72H75Br2Cl2F2I2N11O11S34. The van der Waals surface area contributed by atoms with Crippen LogP contribution in [0.25, 0.3) is 46.6 Å². The number of alkyl halides is 2. The molecule has 9 aromatic heterocycles. The Labute approximate surface area is 973 Å². The standard InChI is InChI=1S/C18H16ClF2NO.C12H13N3O2S.C11H13IN2O2S.C8H7N3O3S.C6H11BrO2.C6H4INS.C6H5NS.C5H3BrOS.ClH.S7.S6.S5.S4.S3.S2.H2S/c19-15-7-2-1-5-13(15)14-6-3-4-11(18(14)21)8-17(23)16-9-12(20)10-22-16;1-12(2,3)17-9(16)7-15-8-5-6-18-10(8)11(13-4)14-15;1-11(2,3)16-8(15)6-14-7-4-5-17-9(7)10(12)13-14;9-8(14)6-7-4(1-2-15-7)11(10-6)3-5(12)13;1-6(2,3)9-5(8)4-7;7-6-5-4(3-8-6)1-2-9-5;1-2-8-6-4-7-3-5(1)6;6-4-1-2-8-5(4)3-7;;1-3-5-7-6-4-2;1-3-5-6-4-2;1-3-5-4-2;1-3-4-2;1-3-2;1-2;/h1-7,12,16,22H,8-10H2;5-6H,7H2,1-3H3;4-5H,6H2,1-3H3;1-2H,3H2,(H2,9,14)(H,12,13);4H2,1-3H3;1-2H,3H2;1-2,4H,3H2;1-3H;1H;;;;;;;1H2/t12-,16+;;;;;;;;;;;;;;;/m1.............../s1. The van der Waals surface area contributed by atoms with Gasteiger partial charge in [0, 0.05) is 319 Å². The fourth-order valence-corrected chi connectivity index (χ4v) is 33.7. The molecule has 2 atom stereocenters. The molecule has 1 fully saturated rings. The lowest BCUT2D eigenvalue weighted by atomic mass is 9.97. The van der Waals surface area contributed by atoms with Gasteiger partial charge in [-0.3, -0.25) is 48.1 Å². The quantitative estimate of drug-likeness (QED) is 0.0241. The van der Waals surface area contributed by atoms with E-state index in [1.807, 2.05) is 103 Å². The highest BCUT2D eigenvalue weighted by molar-refractivity contribution is 14.1. The van der Waals surface area contributed by atoms with Crippen molar-refractivity contribution in [2.75, 3.05) is 11.9 Å². The number of ether oxygens (including phenoxy) is 3. The Kier molecular flexibility index (Phi) is 79.9. The number of benzene rings is 2. The number of primary amides is 1. The molecule has 0 aliphatic carbocycles. The second kappa shape index (κ2) is 78.9. The number of hydrogen-bond donors (Lipinski definition) is 3. The molecule has 3 aliphatic rings. The summed E-state index contributed by atoms with van der Waals surface area (Å²) < 4.78 is 53.4.